The van der Waals surface area contributed by atoms with Crippen molar-refractivity contribution < 1.29 is 13.9 Å². The molecule has 7 nitrogen and oxygen atoms in total. The van der Waals surface area contributed by atoms with E-state index in [1.165, 1.54) is 0 Å². The zero-order chi connectivity index (χ0) is 18.8. The van der Waals surface area contributed by atoms with E-state index in [-0.39, 0.29) is 5.91 Å². The first-order chi connectivity index (χ1) is 13.2. The topological polar surface area (TPSA) is 81.7 Å². The summed E-state index contributed by atoms with van der Waals surface area (Å²) in [4.78, 5) is 17.2. The van der Waals surface area contributed by atoms with Crippen LogP contribution in [0.4, 0.5) is 5.69 Å². The second-order valence-electron chi connectivity index (χ2n) is 5.95. The summed E-state index contributed by atoms with van der Waals surface area (Å²) in [5.74, 6) is 1.04. The molecule has 0 aliphatic carbocycles. The molecule has 0 aliphatic heterocycles. The lowest BCUT2D eigenvalue weighted by Crippen LogP contribution is -2.15. The summed E-state index contributed by atoms with van der Waals surface area (Å²) < 4.78 is 12.3. The Labute approximate surface area is 155 Å². The van der Waals surface area contributed by atoms with Gasteiger partial charge in [-0.05, 0) is 36.8 Å². The highest BCUT2D eigenvalue weighted by Gasteiger charge is 2.15. The molecule has 0 aliphatic rings. The number of carbonyl (C=O) groups excluding carboxylic acids is 1. The van der Waals surface area contributed by atoms with Crippen molar-refractivity contribution in [1.29, 1.82) is 0 Å². The fraction of sp³-hybridized carbons (Fsp3) is 0.150. The van der Waals surface area contributed by atoms with Gasteiger partial charge in [0.05, 0.1) is 13.4 Å². The van der Waals surface area contributed by atoms with Crippen molar-refractivity contribution in [3.63, 3.8) is 0 Å². The first kappa shape index (κ1) is 16.8. The summed E-state index contributed by atoms with van der Waals surface area (Å²) in [5.41, 5.74) is 3.12. The maximum absolute atomic E-state index is 12.7. The Hall–Kier alpha value is -3.61. The number of nitrogens with zero attached hydrogens (tertiary/aromatic N) is 3. The summed E-state index contributed by atoms with van der Waals surface area (Å²) in [6.07, 6.45) is 2.30. The number of hydrogen-bond acceptors (Lipinski definition) is 5. The van der Waals surface area contributed by atoms with Crippen LogP contribution in [0.2, 0.25) is 0 Å². The Bertz CT molecular complexity index is 1100. The zero-order valence-electron chi connectivity index (χ0n) is 15.0. The van der Waals surface area contributed by atoms with Gasteiger partial charge in [-0.1, -0.05) is 13.0 Å². The molecule has 7 heteroatoms. The highest BCUT2D eigenvalue weighted by atomic mass is 16.5. The molecule has 1 aromatic carbocycles. The normalized spacial score (nSPS) is 10.9. The maximum atomic E-state index is 12.7. The molecule has 27 heavy (non-hydrogen) atoms. The van der Waals surface area contributed by atoms with Crippen LogP contribution in [0.5, 0.6) is 5.75 Å². The number of benzene rings is 1. The van der Waals surface area contributed by atoms with Crippen LogP contribution in [-0.2, 0) is 6.42 Å². The van der Waals surface area contributed by atoms with E-state index in [0.717, 1.165) is 5.69 Å². The number of furan rings is 1. The van der Waals surface area contributed by atoms with E-state index in [1.54, 1.807) is 48.2 Å². The van der Waals surface area contributed by atoms with Crippen LogP contribution in [0.1, 0.15) is 23.1 Å². The third-order valence-electron chi connectivity index (χ3n) is 4.20. The minimum absolute atomic E-state index is 0.291. The van der Waals surface area contributed by atoms with Gasteiger partial charge in [0.25, 0.3) is 5.91 Å². The highest BCUT2D eigenvalue weighted by Crippen LogP contribution is 2.22. The Balaban J connectivity index is 1.69. The summed E-state index contributed by atoms with van der Waals surface area (Å²) >= 11 is 0. The Morgan fingerprint density at radius 1 is 1.22 bits per heavy atom. The average Bonchev–Trinajstić information content (AvgIpc) is 3.36. The molecule has 0 spiro atoms. The summed E-state index contributed by atoms with van der Waals surface area (Å²) in [6.45, 7) is 2.01. The molecule has 1 N–H and O–H groups in total. The Morgan fingerprint density at radius 3 is 2.85 bits per heavy atom. The van der Waals surface area contributed by atoms with Gasteiger partial charge in [0, 0.05) is 23.5 Å². The van der Waals surface area contributed by atoms with Crippen LogP contribution in [-0.4, -0.2) is 27.6 Å². The molecule has 0 fully saturated rings. The lowest BCUT2D eigenvalue weighted by molar-refractivity contribution is 0.102. The fourth-order valence-electron chi connectivity index (χ4n) is 2.85. The van der Waals surface area contributed by atoms with Crippen LogP contribution in [0, 0.1) is 0 Å². The van der Waals surface area contributed by atoms with Gasteiger partial charge in [-0.3, -0.25) is 4.79 Å². The number of carbonyl (C=O) groups is 1. The number of ether oxygens (including phenoxy) is 1. The molecular formula is C20H18N4O3. The SMILES string of the molecule is CCc1cc(C(=O)Nc2cccc(OC)c2)nc2cc(-c3ccco3)nn12. The Kier molecular flexibility index (Phi) is 4.33. The van der Waals surface area contributed by atoms with E-state index >= 15 is 0 Å². The number of anilines is 1. The molecule has 4 aromatic rings. The first-order valence-corrected chi connectivity index (χ1v) is 8.57. The molecule has 136 valence electrons. The second kappa shape index (κ2) is 6.95. The van der Waals surface area contributed by atoms with Gasteiger partial charge in [0.1, 0.15) is 17.1 Å². The van der Waals surface area contributed by atoms with E-state index < -0.39 is 0 Å². The van der Waals surface area contributed by atoms with Gasteiger partial charge in [0.2, 0.25) is 0 Å². The first-order valence-electron chi connectivity index (χ1n) is 8.57. The van der Waals surface area contributed by atoms with Crippen LogP contribution in [0.15, 0.2) is 59.2 Å². The van der Waals surface area contributed by atoms with Gasteiger partial charge < -0.3 is 14.5 Å². The van der Waals surface area contributed by atoms with Crippen molar-refractivity contribution in [3.8, 4) is 17.2 Å². The fourth-order valence-corrected chi connectivity index (χ4v) is 2.85. The van der Waals surface area contributed by atoms with Crippen LogP contribution in [0.3, 0.4) is 0 Å². The monoisotopic (exact) mass is 362 g/mol. The quantitative estimate of drug-likeness (QED) is 0.584. The molecule has 3 heterocycles. The smallest absolute Gasteiger partial charge is 0.274 e. The lowest BCUT2D eigenvalue weighted by Gasteiger charge is -2.08. The standard InChI is InChI=1S/C20H18N4O3/c1-3-14-11-17(20(25)21-13-6-4-7-15(10-13)26-2)22-19-12-16(23-24(14)19)18-8-5-9-27-18/h4-12H,3H2,1-2H3,(H,21,25). The van der Waals surface area contributed by atoms with Crippen molar-refractivity contribution in [2.45, 2.75) is 13.3 Å². The van der Waals surface area contributed by atoms with Gasteiger partial charge >= 0.3 is 0 Å². The van der Waals surface area contributed by atoms with E-state index in [2.05, 4.69) is 15.4 Å². The number of rotatable bonds is 5. The molecule has 0 atom stereocenters. The van der Waals surface area contributed by atoms with E-state index in [4.69, 9.17) is 9.15 Å². The minimum Gasteiger partial charge on any atom is -0.497 e. The van der Waals surface area contributed by atoms with Crippen LogP contribution in [0.25, 0.3) is 17.1 Å². The molecule has 0 saturated carbocycles. The number of hydrogen-bond donors (Lipinski definition) is 1. The van der Waals surface area contributed by atoms with Gasteiger partial charge in [-0.2, -0.15) is 5.10 Å². The van der Waals surface area contributed by atoms with Crippen molar-refractivity contribution in [2.24, 2.45) is 0 Å². The largest absolute Gasteiger partial charge is 0.497 e. The average molecular weight is 362 g/mol. The predicted molar refractivity (Wildman–Crippen MR) is 101 cm³/mol. The van der Waals surface area contributed by atoms with Crippen molar-refractivity contribution in [3.05, 3.63) is 66.2 Å². The van der Waals surface area contributed by atoms with E-state index in [9.17, 15) is 4.79 Å². The van der Waals surface area contributed by atoms with Crippen molar-refractivity contribution >= 4 is 17.2 Å². The maximum Gasteiger partial charge on any atom is 0.274 e. The zero-order valence-corrected chi connectivity index (χ0v) is 15.0. The summed E-state index contributed by atoms with van der Waals surface area (Å²) in [7, 11) is 1.58. The van der Waals surface area contributed by atoms with Crippen molar-refractivity contribution in [1.82, 2.24) is 14.6 Å². The molecule has 0 bridgehead atoms. The number of fused-ring (bicyclic) bond motifs is 1. The summed E-state index contributed by atoms with van der Waals surface area (Å²) in [6, 6.07) is 14.4. The Morgan fingerprint density at radius 2 is 2.11 bits per heavy atom. The van der Waals surface area contributed by atoms with Gasteiger partial charge in [-0.15, -0.1) is 0 Å². The minimum atomic E-state index is -0.291. The van der Waals surface area contributed by atoms with Gasteiger partial charge in [-0.25, -0.2) is 9.50 Å². The molecule has 0 saturated heterocycles. The molecule has 0 unspecified atom stereocenters. The highest BCUT2D eigenvalue weighted by molar-refractivity contribution is 6.03. The molecule has 4 rings (SSSR count). The second-order valence-corrected chi connectivity index (χ2v) is 5.95. The predicted octanol–water partition coefficient (Wildman–Crippen LogP) is 3.81. The third-order valence-corrected chi connectivity index (χ3v) is 4.20. The molecular weight excluding hydrogens is 344 g/mol. The number of methoxy groups -OCH3 is 1. The third kappa shape index (κ3) is 3.27. The molecule has 0 radical (unpaired) electrons. The summed E-state index contributed by atoms with van der Waals surface area (Å²) in [5, 5.41) is 7.40. The van der Waals surface area contributed by atoms with Crippen LogP contribution < -0.4 is 10.1 Å². The lowest BCUT2D eigenvalue weighted by atomic mass is 10.2. The number of nitrogens with one attached hydrogen (secondary N) is 1. The number of amides is 1. The van der Waals surface area contributed by atoms with E-state index in [1.807, 2.05) is 25.1 Å². The number of aryl methyl sites for hydroxylation is 1. The molecule has 1 amide bonds. The van der Waals surface area contributed by atoms with E-state index in [0.29, 0.717) is 40.7 Å². The number of aromatic nitrogens is 3. The van der Waals surface area contributed by atoms with Crippen LogP contribution >= 0.6 is 0 Å². The molecule has 3 aromatic heterocycles. The van der Waals surface area contributed by atoms with Crippen molar-refractivity contribution in [2.75, 3.05) is 12.4 Å². The van der Waals surface area contributed by atoms with Gasteiger partial charge in [0.15, 0.2) is 11.4 Å².